The number of rotatable bonds is 4. The van der Waals surface area contributed by atoms with Crippen molar-refractivity contribution in [2.45, 2.75) is 0 Å². The van der Waals surface area contributed by atoms with Crippen LogP contribution >= 0.6 is 0 Å². The number of hydrogen-bond acceptors (Lipinski definition) is 1. The molecule has 0 aliphatic rings. The van der Waals surface area contributed by atoms with Gasteiger partial charge < -0.3 is 4.42 Å². The third-order valence-corrected chi connectivity index (χ3v) is 10.1. The first kappa shape index (κ1) is 27.7. The highest BCUT2D eigenvalue weighted by atomic mass is 16.3. The molecule has 1 heteroatoms. The Labute approximate surface area is 284 Å². The quantitative estimate of drug-likeness (QED) is 0.178. The van der Waals surface area contributed by atoms with E-state index in [1.54, 1.807) is 0 Å². The van der Waals surface area contributed by atoms with Crippen molar-refractivity contribution < 1.29 is 4.42 Å². The van der Waals surface area contributed by atoms with E-state index in [9.17, 15) is 0 Å². The van der Waals surface area contributed by atoms with Crippen LogP contribution in [0.5, 0.6) is 0 Å². The van der Waals surface area contributed by atoms with Crippen LogP contribution in [0.15, 0.2) is 186 Å². The van der Waals surface area contributed by atoms with Gasteiger partial charge in [0.2, 0.25) is 0 Å². The lowest BCUT2D eigenvalue weighted by Crippen LogP contribution is -1.92. The number of hydrogen-bond donors (Lipinski definition) is 0. The molecule has 10 rings (SSSR count). The summed E-state index contributed by atoms with van der Waals surface area (Å²) < 4.78 is 6.40. The lowest BCUT2D eigenvalue weighted by molar-refractivity contribution is 0.669. The van der Waals surface area contributed by atoms with Gasteiger partial charge >= 0.3 is 0 Å². The molecule has 0 bridgehead atoms. The third kappa shape index (κ3) is 4.40. The minimum Gasteiger partial charge on any atom is -0.456 e. The third-order valence-electron chi connectivity index (χ3n) is 10.1. The van der Waals surface area contributed by atoms with Gasteiger partial charge in [0.05, 0.1) is 0 Å². The highest BCUT2D eigenvalue weighted by molar-refractivity contribution is 6.26. The zero-order valence-corrected chi connectivity index (χ0v) is 26.7. The molecule has 1 aromatic heterocycles. The van der Waals surface area contributed by atoms with Crippen LogP contribution in [-0.4, -0.2) is 0 Å². The van der Waals surface area contributed by atoms with E-state index in [4.69, 9.17) is 4.42 Å². The Morgan fingerprint density at radius 1 is 0.286 bits per heavy atom. The van der Waals surface area contributed by atoms with Crippen molar-refractivity contribution in [1.82, 2.24) is 0 Å². The first-order valence-corrected chi connectivity index (χ1v) is 16.8. The van der Waals surface area contributed by atoms with Crippen LogP contribution in [0.1, 0.15) is 0 Å². The summed E-state index contributed by atoms with van der Waals surface area (Å²) in [4.78, 5) is 0. The molecule has 1 heterocycles. The molecule has 0 spiro atoms. The molecular formula is C48H30O. The molecule has 0 amide bonds. The monoisotopic (exact) mass is 622 g/mol. The average Bonchev–Trinajstić information content (AvgIpc) is 3.56. The van der Waals surface area contributed by atoms with Crippen LogP contribution in [0.3, 0.4) is 0 Å². The molecule has 0 radical (unpaired) electrons. The van der Waals surface area contributed by atoms with E-state index in [0.717, 1.165) is 21.9 Å². The van der Waals surface area contributed by atoms with Crippen molar-refractivity contribution in [3.8, 4) is 44.5 Å². The largest absolute Gasteiger partial charge is 0.456 e. The summed E-state index contributed by atoms with van der Waals surface area (Å²) in [5, 5.41) is 9.74. The van der Waals surface area contributed by atoms with E-state index in [1.807, 2.05) is 6.07 Å². The maximum atomic E-state index is 6.40. The lowest BCUT2D eigenvalue weighted by atomic mass is 9.83. The average molecular weight is 623 g/mol. The fraction of sp³-hybridized carbons (Fsp3) is 0. The van der Waals surface area contributed by atoms with Crippen LogP contribution in [-0.2, 0) is 0 Å². The molecule has 0 saturated heterocycles. The zero-order chi connectivity index (χ0) is 32.3. The molecular weight excluding hydrogens is 593 g/mol. The number of benzene rings is 9. The fourth-order valence-corrected chi connectivity index (χ4v) is 7.87. The van der Waals surface area contributed by atoms with Gasteiger partial charge in [0, 0.05) is 10.8 Å². The fourth-order valence-electron chi connectivity index (χ4n) is 7.87. The van der Waals surface area contributed by atoms with Crippen molar-refractivity contribution in [3.63, 3.8) is 0 Å². The van der Waals surface area contributed by atoms with Gasteiger partial charge in [-0.05, 0) is 95.0 Å². The van der Waals surface area contributed by atoms with Gasteiger partial charge in [-0.3, -0.25) is 0 Å². The molecule has 0 aliphatic heterocycles. The lowest BCUT2D eigenvalue weighted by Gasteiger charge is -2.19. The molecule has 1 nitrogen and oxygen atoms in total. The molecule has 9 aromatic carbocycles. The second-order valence-electron chi connectivity index (χ2n) is 12.8. The van der Waals surface area contributed by atoms with Crippen molar-refractivity contribution in [2.75, 3.05) is 0 Å². The van der Waals surface area contributed by atoms with Gasteiger partial charge in [-0.2, -0.15) is 0 Å². The highest BCUT2D eigenvalue weighted by Crippen LogP contribution is 2.48. The molecule has 0 saturated carbocycles. The van der Waals surface area contributed by atoms with Gasteiger partial charge in [-0.1, -0.05) is 164 Å². The second-order valence-corrected chi connectivity index (χ2v) is 12.8. The van der Waals surface area contributed by atoms with Crippen molar-refractivity contribution in [2.24, 2.45) is 0 Å². The topological polar surface area (TPSA) is 13.1 Å². The Hall–Kier alpha value is -6.44. The second kappa shape index (κ2) is 11.1. The van der Waals surface area contributed by atoms with Gasteiger partial charge in [-0.15, -0.1) is 0 Å². The van der Waals surface area contributed by atoms with Gasteiger partial charge in [0.15, 0.2) is 0 Å². The summed E-state index contributed by atoms with van der Waals surface area (Å²) in [6.45, 7) is 0. The summed E-state index contributed by atoms with van der Waals surface area (Å²) in [5.41, 5.74) is 11.6. The van der Waals surface area contributed by atoms with Gasteiger partial charge in [0.25, 0.3) is 0 Å². The maximum Gasteiger partial charge on any atom is 0.136 e. The van der Waals surface area contributed by atoms with E-state index >= 15 is 0 Å². The molecule has 0 unspecified atom stereocenters. The molecule has 0 N–H and O–H groups in total. The summed E-state index contributed by atoms with van der Waals surface area (Å²) in [6.07, 6.45) is 0. The maximum absolute atomic E-state index is 6.40. The van der Waals surface area contributed by atoms with Crippen molar-refractivity contribution in [3.05, 3.63) is 182 Å². The number of fused-ring (bicyclic) bond motifs is 6. The van der Waals surface area contributed by atoms with E-state index in [-0.39, 0.29) is 0 Å². The standard InChI is InChI=1S/C48H30O/c1-2-12-31(13-3-1)35-28-29-40-43(30-35)47(42-21-11-23-45-48(42)41-19-8-9-22-44(41)49-45)39-18-7-6-17-38(39)46(40)34-26-24-33(25-27-34)37-20-10-15-32-14-4-5-16-36(32)37/h1-30H. The van der Waals surface area contributed by atoms with Crippen LogP contribution < -0.4 is 0 Å². The molecule has 10 aromatic rings. The van der Waals surface area contributed by atoms with Crippen LogP contribution in [0.25, 0.3) is 98.8 Å². The van der Waals surface area contributed by atoms with Crippen LogP contribution in [0.4, 0.5) is 0 Å². The van der Waals surface area contributed by atoms with Crippen molar-refractivity contribution in [1.29, 1.82) is 0 Å². The highest BCUT2D eigenvalue weighted by Gasteiger charge is 2.21. The first-order valence-electron chi connectivity index (χ1n) is 16.8. The Morgan fingerprint density at radius 3 is 1.69 bits per heavy atom. The van der Waals surface area contributed by atoms with Crippen molar-refractivity contribution >= 4 is 54.3 Å². The smallest absolute Gasteiger partial charge is 0.136 e. The Morgan fingerprint density at radius 2 is 0.857 bits per heavy atom. The Bertz CT molecular complexity index is 2850. The summed E-state index contributed by atoms with van der Waals surface area (Å²) in [6, 6.07) is 65.8. The number of para-hydroxylation sites is 1. The van der Waals surface area contributed by atoms with E-state index in [1.165, 1.54) is 76.8 Å². The van der Waals surface area contributed by atoms with Crippen LogP contribution in [0.2, 0.25) is 0 Å². The van der Waals surface area contributed by atoms with Gasteiger partial charge in [0.1, 0.15) is 11.2 Å². The van der Waals surface area contributed by atoms with E-state index in [0.29, 0.717) is 0 Å². The zero-order valence-electron chi connectivity index (χ0n) is 26.7. The summed E-state index contributed by atoms with van der Waals surface area (Å²) >= 11 is 0. The van der Waals surface area contributed by atoms with Crippen LogP contribution in [0, 0.1) is 0 Å². The minimum absolute atomic E-state index is 0.906. The normalized spacial score (nSPS) is 11.7. The Kier molecular flexibility index (Phi) is 6.25. The first-order chi connectivity index (χ1) is 24.3. The summed E-state index contributed by atoms with van der Waals surface area (Å²) in [7, 11) is 0. The predicted molar refractivity (Wildman–Crippen MR) is 208 cm³/mol. The molecule has 0 aliphatic carbocycles. The van der Waals surface area contributed by atoms with E-state index < -0.39 is 0 Å². The number of furan rings is 1. The SMILES string of the molecule is c1ccc(-c2ccc3c(-c4ccc(-c5cccc6ccccc56)cc4)c4ccccc4c(-c4cccc5oc6ccccc6c45)c3c2)cc1. The summed E-state index contributed by atoms with van der Waals surface area (Å²) in [5.74, 6) is 0. The Balaban J connectivity index is 1.28. The molecule has 228 valence electrons. The molecule has 49 heavy (non-hydrogen) atoms. The van der Waals surface area contributed by atoms with Gasteiger partial charge in [-0.25, -0.2) is 0 Å². The van der Waals surface area contributed by atoms with E-state index in [2.05, 4.69) is 176 Å². The molecule has 0 fully saturated rings. The minimum atomic E-state index is 0.906. The molecule has 0 atom stereocenters. The predicted octanol–water partition coefficient (Wildman–Crippen LogP) is 13.7.